The number of aromatic nitrogens is 2. The van der Waals surface area contributed by atoms with Crippen LogP contribution in [0.15, 0.2) is 72.0 Å². The normalized spacial score (nSPS) is 14.3. The predicted octanol–water partition coefficient (Wildman–Crippen LogP) is 3.09. The van der Waals surface area contributed by atoms with Gasteiger partial charge in [-0.2, -0.15) is 4.31 Å². The average Bonchev–Trinajstić information content (AvgIpc) is 3.35. The van der Waals surface area contributed by atoms with Gasteiger partial charge in [-0.05, 0) is 66.9 Å². The molecule has 1 fully saturated rings. The second kappa shape index (κ2) is 9.23. The predicted molar refractivity (Wildman–Crippen MR) is 115 cm³/mol. The van der Waals surface area contributed by atoms with E-state index in [0.29, 0.717) is 31.0 Å². The van der Waals surface area contributed by atoms with Crippen LogP contribution < -0.4 is 10.1 Å². The highest BCUT2D eigenvalue weighted by Gasteiger charge is 2.27. The largest absolute Gasteiger partial charge is 0.485 e. The van der Waals surface area contributed by atoms with Crippen LogP contribution >= 0.6 is 0 Å². The molecule has 4 rings (SSSR count). The molecule has 2 aromatic heterocycles. The van der Waals surface area contributed by atoms with E-state index in [9.17, 15) is 13.2 Å². The van der Waals surface area contributed by atoms with E-state index in [2.05, 4.69) is 15.3 Å². The fourth-order valence-electron chi connectivity index (χ4n) is 3.28. The van der Waals surface area contributed by atoms with Gasteiger partial charge < -0.3 is 10.1 Å². The van der Waals surface area contributed by atoms with E-state index in [-0.39, 0.29) is 10.7 Å². The molecule has 3 aromatic rings. The number of nitrogens with one attached hydrogen (secondary N) is 1. The van der Waals surface area contributed by atoms with E-state index in [1.807, 2.05) is 12.1 Å². The lowest BCUT2D eigenvalue weighted by Crippen LogP contribution is -2.27. The molecule has 9 heteroatoms. The minimum atomic E-state index is -3.52. The van der Waals surface area contributed by atoms with E-state index >= 15 is 0 Å². The molecule has 1 aromatic carbocycles. The lowest BCUT2D eigenvalue weighted by atomic mass is 10.2. The molecule has 1 aliphatic heterocycles. The van der Waals surface area contributed by atoms with Gasteiger partial charge in [-0.1, -0.05) is 0 Å². The Labute approximate surface area is 181 Å². The molecule has 160 valence electrons. The van der Waals surface area contributed by atoms with Crippen molar-refractivity contribution in [3.8, 4) is 5.75 Å². The highest BCUT2D eigenvalue weighted by molar-refractivity contribution is 7.89. The van der Waals surface area contributed by atoms with Crippen LogP contribution in [0.2, 0.25) is 0 Å². The maximum atomic E-state index is 12.7. The molecular weight excluding hydrogens is 416 g/mol. The van der Waals surface area contributed by atoms with Crippen LogP contribution in [0.5, 0.6) is 5.75 Å². The first-order valence-corrected chi connectivity index (χ1v) is 11.4. The Hall–Kier alpha value is -3.30. The van der Waals surface area contributed by atoms with Crippen LogP contribution in [0.3, 0.4) is 0 Å². The number of carbonyl (C=O) groups is 1. The minimum Gasteiger partial charge on any atom is -0.485 e. The van der Waals surface area contributed by atoms with Crippen LogP contribution in [0.1, 0.15) is 28.8 Å². The first-order valence-electron chi connectivity index (χ1n) is 9.92. The second-order valence-corrected chi connectivity index (χ2v) is 9.02. The number of nitrogens with zero attached hydrogens (tertiary/aromatic N) is 3. The molecule has 0 saturated carbocycles. The molecular formula is C22H22N4O4S. The minimum absolute atomic E-state index is 0.185. The Morgan fingerprint density at radius 2 is 1.71 bits per heavy atom. The van der Waals surface area contributed by atoms with Crippen LogP contribution in [0, 0.1) is 0 Å². The zero-order valence-electron chi connectivity index (χ0n) is 16.8. The quantitative estimate of drug-likeness (QED) is 0.608. The van der Waals surface area contributed by atoms with Crippen molar-refractivity contribution >= 4 is 21.7 Å². The van der Waals surface area contributed by atoms with Gasteiger partial charge in [0.05, 0.1) is 4.90 Å². The molecule has 8 nitrogen and oxygen atoms in total. The molecule has 1 amide bonds. The summed E-state index contributed by atoms with van der Waals surface area (Å²) in [6.07, 6.45) is 6.65. The van der Waals surface area contributed by atoms with Gasteiger partial charge in [0.1, 0.15) is 6.61 Å². The summed E-state index contributed by atoms with van der Waals surface area (Å²) in [6, 6.07) is 13.0. The summed E-state index contributed by atoms with van der Waals surface area (Å²) in [5.41, 5.74) is 1.26. The van der Waals surface area contributed by atoms with Gasteiger partial charge in [0.15, 0.2) is 11.6 Å². The second-order valence-electron chi connectivity index (χ2n) is 7.08. The van der Waals surface area contributed by atoms with Crippen molar-refractivity contribution in [1.82, 2.24) is 14.3 Å². The summed E-state index contributed by atoms with van der Waals surface area (Å²) in [5, 5.41) is 2.73. The van der Waals surface area contributed by atoms with Crippen molar-refractivity contribution in [2.24, 2.45) is 0 Å². The van der Waals surface area contributed by atoms with Gasteiger partial charge in [-0.3, -0.25) is 9.78 Å². The topological polar surface area (TPSA) is 101 Å². The molecule has 31 heavy (non-hydrogen) atoms. The van der Waals surface area contributed by atoms with Crippen molar-refractivity contribution in [1.29, 1.82) is 0 Å². The molecule has 3 heterocycles. The molecule has 1 N–H and O–H groups in total. The lowest BCUT2D eigenvalue weighted by molar-refractivity contribution is 0.102. The molecule has 0 aliphatic carbocycles. The number of amides is 1. The molecule has 0 unspecified atom stereocenters. The van der Waals surface area contributed by atoms with E-state index in [1.165, 1.54) is 28.6 Å². The number of anilines is 1. The van der Waals surface area contributed by atoms with Crippen LogP contribution in [-0.2, 0) is 16.6 Å². The van der Waals surface area contributed by atoms with Crippen molar-refractivity contribution in [2.75, 3.05) is 18.4 Å². The van der Waals surface area contributed by atoms with Gasteiger partial charge in [-0.15, -0.1) is 0 Å². The van der Waals surface area contributed by atoms with E-state index in [0.717, 1.165) is 18.4 Å². The Kier molecular flexibility index (Phi) is 6.24. The Morgan fingerprint density at radius 3 is 2.42 bits per heavy atom. The highest BCUT2D eigenvalue weighted by Crippen LogP contribution is 2.24. The Morgan fingerprint density at radius 1 is 1.00 bits per heavy atom. The zero-order chi connectivity index (χ0) is 21.7. The third-order valence-corrected chi connectivity index (χ3v) is 6.88. The molecule has 0 radical (unpaired) electrons. The standard InChI is InChI=1S/C22H22N4O4S/c27-22(18-5-7-19(8-6-18)31(28,29)26-14-1-2-15-26)25-21-20(4-3-11-24-21)30-16-17-9-12-23-13-10-17/h3-13H,1-2,14-16H2,(H,24,25,27). The number of sulfonamides is 1. The van der Waals surface area contributed by atoms with Crippen molar-refractivity contribution in [3.05, 3.63) is 78.2 Å². The number of rotatable bonds is 7. The summed E-state index contributed by atoms with van der Waals surface area (Å²) in [5.74, 6) is 0.314. The van der Waals surface area contributed by atoms with Gasteiger partial charge in [0, 0.05) is 37.2 Å². The van der Waals surface area contributed by atoms with Gasteiger partial charge in [0.25, 0.3) is 5.91 Å². The smallest absolute Gasteiger partial charge is 0.256 e. The van der Waals surface area contributed by atoms with Gasteiger partial charge in [-0.25, -0.2) is 13.4 Å². The summed E-state index contributed by atoms with van der Waals surface area (Å²) in [7, 11) is -3.52. The average molecular weight is 439 g/mol. The summed E-state index contributed by atoms with van der Waals surface area (Å²) in [4.78, 5) is 21.0. The van der Waals surface area contributed by atoms with E-state index in [1.54, 1.807) is 30.7 Å². The molecule has 0 atom stereocenters. The summed E-state index contributed by atoms with van der Waals surface area (Å²) in [6.45, 7) is 1.37. The summed E-state index contributed by atoms with van der Waals surface area (Å²) < 4.78 is 32.5. The van der Waals surface area contributed by atoms with E-state index < -0.39 is 15.9 Å². The molecule has 1 aliphatic rings. The molecule has 1 saturated heterocycles. The van der Waals surface area contributed by atoms with Gasteiger partial charge in [0.2, 0.25) is 10.0 Å². The molecule has 0 spiro atoms. The number of pyridine rings is 2. The maximum Gasteiger partial charge on any atom is 0.256 e. The number of carbonyl (C=O) groups excluding carboxylic acids is 1. The first kappa shape index (κ1) is 21.0. The first-order chi connectivity index (χ1) is 15.0. The lowest BCUT2D eigenvalue weighted by Gasteiger charge is -2.15. The SMILES string of the molecule is O=C(Nc1ncccc1OCc1ccncc1)c1ccc(S(=O)(=O)N2CCCC2)cc1. The molecule has 0 bridgehead atoms. The number of benzene rings is 1. The fourth-order valence-corrected chi connectivity index (χ4v) is 4.79. The van der Waals surface area contributed by atoms with Crippen LogP contribution in [-0.4, -0.2) is 41.7 Å². The van der Waals surface area contributed by atoms with Crippen LogP contribution in [0.25, 0.3) is 0 Å². The third kappa shape index (κ3) is 4.89. The van der Waals surface area contributed by atoms with Crippen molar-refractivity contribution in [3.63, 3.8) is 0 Å². The van der Waals surface area contributed by atoms with Crippen LogP contribution in [0.4, 0.5) is 5.82 Å². The Bertz CT molecular complexity index is 1150. The third-order valence-electron chi connectivity index (χ3n) is 4.97. The monoisotopic (exact) mass is 438 g/mol. The van der Waals surface area contributed by atoms with E-state index in [4.69, 9.17) is 4.74 Å². The number of ether oxygens (including phenoxy) is 1. The zero-order valence-corrected chi connectivity index (χ0v) is 17.6. The highest BCUT2D eigenvalue weighted by atomic mass is 32.2. The summed E-state index contributed by atoms with van der Waals surface area (Å²) >= 11 is 0. The maximum absolute atomic E-state index is 12.7. The Balaban J connectivity index is 1.45. The van der Waals surface area contributed by atoms with Crippen molar-refractivity contribution < 1.29 is 17.9 Å². The fraction of sp³-hybridized carbons (Fsp3) is 0.227. The number of hydrogen-bond donors (Lipinski definition) is 1. The van der Waals surface area contributed by atoms with Crippen molar-refractivity contribution in [2.45, 2.75) is 24.3 Å². The van der Waals surface area contributed by atoms with Gasteiger partial charge >= 0.3 is 0 Å². The number of hydrogen-bond acceptors (Lipinski definition) is 6.